The van der Waals surface area contributed by atoms with Crippen LogP contribution in [0.2, 0.25) is 0 Å². The standard InChI is InChI=1S/C17H29N3O/c1-16(2,3)21-15-13(18)8-9-14(20-15)19-12-17(4)10-6-5-7-11-17/h8-9H,5-7,10-12,18H2,1-4H3,(H,19,20). The van der Waals surface area contributed by atoms with Crippen LogP contribution in [0, 0.1) is 5.41 Å². The normalized spacial score (nSPS) is 18.3. The lowest BCUT2D eigenvalue weighted by Gasteiger charge is -2.33. The third-order valence-electron chi connectivity index (χ3n) is 4.05. The van der Waals surface area contributed by atoms with E-state index in [-0.39, 0.29) is 5.60 Å². The van der Waals surface area contributed by atoms with E-state index in [4.69, 9.17) is 10.5 Å². The Hall–Kier alpha value is -1.45. The Bertz CT molecular complexity index is 473. The fourth-order valence-electron chi connectivity index (χ4n) is 2.81. The first-order valence-corrected chi connectivity index (χ1v) is 7.97. The summed E-state index contributed by atoms with van der Waals surface area (Å²) in [5.41, 5.74) is 6.61. The lowest BCUT2D eigenvalue weighted by Crippen LogP contribution is -2.29. The zero-order valence-electron chi connectivity index (χ0n) is 13.8. The Labute approximate surface area is 128 Å². The summed E-state index contributed by atoms with van der Waals surface area (Å²) in [5.74, 6) is 1.36. The zero-order valence-corrected chi connectivity index (χ0v) is 13.8. The maximum atomic E-state index is 5.95. The molecule has 3 N–H and O–H groups in total. The van der Waals surface area contributed by atoms with Gasteiger partial charge in [0, 0.05) is 6.54 Å². The monoisotopic (exact) mass is 291 g/mol. The van der Waals surface area contributed by atoms with Gasteiger partial charge >= 0.3 is 0 Å². The van der Waals surface area contributed by atoms with E-state index in [2.05, 4.69) is 17.2 Å². The van der Waals surface area contributed by atoms with Gasteiger partial charge in [0.15, 0.2) is 0 Å². The molecule has 0 bridgehead atoms. The molecule has 1 aromatic rings. The van der Waals surface area contributed by atoms with Crippen molar-refractivity contribution in [2.75, 3.05) is 17.6 Å². The molecule has 0 aliphatic heterocycles. The second-order valence-electron chi connectivity index (χ2n) is 7.53. The highest BCUT2D eigenvalue weighted by Crippen LogP contribution is 2.36. The van der Waals surface area contributed by atoms with Crippen LogP contribution in [-0.4, -0.2) is 17.1 Å². The first-order valence-electron chi connectivity index (χ1n) is 7.97. The lowest BCUT2D eigenvalue weighted by molar-refractivity contribution is 0.125. The number of rotatable bonds is 4. The number of nitrogens with one attached hydrogen (secondary N) is 1. The summed E-state index contributed by atoms with van der Waals surface area (Å²) in [7, 11) is 0. The molecule has 0 radical (unpaired) electrons. The van der Waals surface area contributed by atoms with Gasteiger partial charge in [0.05, 0.1) is 5.69 Å². The number of pyridine rings is 1. The van der Waals surface area contributed by atoms with Gasteiger partial charge in [-0.15, -0.1) is 0 Å². The van der Waals surface area contributed by atoms with Gasteiger partial charge in [-0.1, -0.05) is 26.2 Å². The number of hydrogen-bond acceptors (Lipinski definition) is 4. The third-order valence-corrected chi connectivity index (χ3v) is 4.05. The minimum absolute atomic E-state index is 0.297. The Balaban J connectivity index is 2.02. The van der Waals surface area contributed by atoms with Crippen molar-refractivity contribution < 1.29 is 4.74 Å². The summed E-state index contributed by atoms with van der Waals surface area (Å²) in [6, 6.07) is 3.79. The molecule has 2 rings (SSSR count). The molecule has 0 amide bonds. The second kappa shape index (κ2) is 6.12. The highest BCUT2D eigenvalue weighted by molar-refractivity contribution is 5.53. The van der Waals surface area contributed by atoms with Crippen LogP contribution in [0.25, 0.3) is 0 Å². The number of aromatic nitrogens is 1. The van der Waals surface area contributed by atoms with Crippen LogP contribution in [0.5, 0.6) is 5.88 Å². The molecule has 1 heterocycles. The molecule has 1 aliphatic rings. The molecule has 1 fully saturated rings. The molecule has 1 aromatic heterocycles. The lowest BCUT2D eigenvalue weighted by atomic mass is 9.76. The summed E-state index contributed by atoms with van der Waals surface area (Å²) in [6.45, 7) is 9.31. The molecule has 0 atom stereocenters. The average Bonchev–Trinajstić information content (AvgIpc) is 2.39. The summed E-state index contributed by atoms with van der Waals surface area (Å²) in [5, 5.41) is 3.46. The molecule has 0 saturated heterocycles. The highest BCUT2D eigenvalue weighted by atomic mass is 16.5. The van der Waals surface area contributed by atoms with Crippen molar-refractivity contribution in [1.82, 2.24) is 4.98 Å². The van der Waals surface area contributed by atoms with Crippen LogP contribution in [0.1, 0.15) is 59.8 Å². The Kier molecular flexibility index (Phi) is 4.64. The van der Waals surface area contributed by atoms with E-state index >= 15 is 0 Å². The van der Waals surface area contributed by atoms with E-state index in [1.165, 1.54) is 32.1 Å². The molecule has 4 nitrogen and oxygen atoms in total. The first-order chi connectivity index (χ1) is 9.77. The second-order valence-corrected chi connectivity index (χ2v) is 7.53. The van der Waals surface area contributed by atoms with Crippen LogP contribution in [0.4, 0.5) is 11.5 Å². The van der Waals surface area contributed by atoms with Crippen LogP contribution in [-0.2, 0) is 0 Å². The number of nitrogen functional groups attached to an aromatic ring is 1. The molecule has 1 saturated carbocycles. The fraction of sp³-hybridized carbons (Fsp3) is 0.706. The van der Waals surface area contributed by atoms with E-state index in [0.717, 1.165) is 12.4 Å². The minimum atomic E-state index is -0.297. The van der Waals surface area contributed by atoms with Crippen LogP contribution in [0.15, 0.2) is 12.1 Å². The van der Waals surface area contributed by atoms with Crippen molar-refractivity contribution in [2.45, 2.75) is 65.4 Å². The van der Waals surface area contributed by atoms with Gasteiger partial charge in [-0.2, -0.15) is 4.98 Å². The molecular weight excluding hydrogens is 262 g/mol. The molecule has 0 spiro atoms. The largest absolute Gasteiger partial charge is 0.470 e. The van der Waals surface area contributed by atoms with Gasteiger partial charge in [0.2, 0.25) is 5.88 Å². The highest BCUT2D eigenvalue weighted by Gasteiger charge is 2.26. The number of nitrogens with two attached hydrogens (primary N) is 1. The molecule has 4 heteroatoms. The summed E-state index contributed by atoms with van der Waals surface area (Å²) < 4.78 is 5.81. The van der Waals surface area contributed by atoms with Gasteiger partial charge in [-0.25, -0.2) is 0 Å². The molecule has 0 unspecified atom stereocenters. The smallest absolute Gasteiger partial charge is 0.239 e. The first kappa shape index (κ1) is 15.9. The fourth-order valence-corrected chi connectivity index (χ4v) is 2.81. The Morgan fingerprint density at radius 3 is 2.52 bits per heavy atom. The van der Waals surface area contributed by atoms with Gasteiger partial charge in [0.25, 0.3) is 0 Å². The molecule has 0 aromatic carbocycles. The van der Waals surface area contributed by atoms with Crippen molar-refractivity contribution in [3.63, 3.8) is 0 Å². The van der Waals surface area contributed by atoms with E-state index < -0.39 is 0 Å². The molecular formula is C17H29N3O. The minimum Gasteiger partial charge on any atom is -0.470 e. The van der Waals surface area contributed by atoms with Crippen molar-refractivity contribution in [2.24, 2.45) is 5.41 Å². The van der Waals surface area contributed by atoms with Crippen molar-refractivity contribution in [1.29, 1.82) is 0 Å². The summed E-state index contributed by atoms with van der Waals surface area (Å²) in [4.78, 5) is 4.51. The van der Waals surface area contributed by atoms with Crippen LogP contribution < -0.4 is 15.8 Å². The topological polar surface area (TPSA) is 60.2 Å². The average molecular weight is 291 g/mol. The van der Waals surface area contributed by atoms with Crippen molar-refractivity contribution >= 4 is 11.5 Å². The molecule has 1 aliphatic carbocycles. The Morgan fingerprint density at radius 1 is 1.24 bits per heavy atom. The number of hydrogen-bond donors (Lipinski definition) is 2. The summed E-state index contributed by atoms with van der Waals surface area (Å²) >= 11 is 0. The SMILES string of the molecule is CC1(CNc2ccc(N)c(OC(C)(C)C)n2)CCCCC1. The van der Waals surface area contributed by atoms with Crippen molar-refractivity contribution in [3.05, 3.63) is 12.1 Å². The predicted molar refractivity (Wildman–Crippen MR) is 88.7 cm³/mol. The number of ether oxygens (including phenoxy) is 1. The van der Waals surface area contributed by atoms with Crippen molar-refractivity contribution in [3.8, 4) is 5.88 Å². The third kappa shape index (κ3) is 4.80. The van der Waals surface area contributed by atoms with E-state index in [9.17, 15) is 0 Å². The molecule has 118 valence electrons. The van der Waals surface area contributed by atoms with Crippen LogP contribution >= 0.6 is 0 Å². The maximum Gasteiger partial charge on any atom is 0.239 e. The quantitative estimate of drug-likeness (QED) is 0.871. The summed E-state index contributed by atoms with van der Waals surface area (Å²) in [6.07, 6.45) is 6.64. The Morgan fingerprint density at radius 2 is 1.90 bits per heavy atom. The number of nitrogens with zero attached hydrogens (tertiary/aromatic N) is 1. The van der Waals surface area contributed by atoms with Gasteiger partial charge in [0.1, 0.15) is 11.4 Å². The van der Waals surface area contributed by atoms with Gasteiger partial charge in [-0.05, 0) is 51.2 Å². The van der Waals surface area contributed by atoms with Gasteiger partial charge in [-0.3, -0.25) is 0 Å². The zero-order chi connectivity index (χ0) is 15.5. The number of anilines is 2. The van der Waals surface area contributed by atoms with Gasteiger partial charge < -0.3 is 15.8 Å². The van der Waals surface area contributed by atoms with E-state index in [1.807, 2.05) is 32.9 Å². The predicted octanol–water partition coefficient (Wildman–Crippen LogP) is 4.22. The molecule has 21 heavy (non-hydrogen) atoms. The van der Waals surface area contributed by atoms with E-state index in [0.29, 0.717) is 17.0 Å². The van der Waals surface area contributed by atoms with E-state index in [1.54, 1.807) is 0 Å². The maximum absolute atomic E-state index is 5.95. The van der Waals surface area contributed by atoms with Crippen LogP contribution in [0.3, 0.4) is 0 Å².